The quantitative estimate of drug-likeness (QED) is 0.550. The Morgan fingerprint density at radius 1 is 1.47 bits per heavy atom. The molecule has 1 unspecified atom stereocenters. The van der Waals surface area contributed by atoms with E-state index in [0.29, 0.717) is 5.92 Å². The molecule has 1 aromatic rings. The van der Waals surface area contributed by atoms with Gasteiger partial charge in [-0.25, -0.2) is 0 Å². The lowest BCUT2D eigenvalue weighted by atomic mass is 9.95. The predicted molar refractivity (Wildman–Crippen MR) is 65.8 cm³/mol. The third-order valence-corrected chi connectivity index (χ3v) is 3.73. The third-order valence-electron chi connectivity index (χ3n) is 3.73. The Labute approximate surface area is 99.7 Å². The number of nitro benzene ring substituents is 1. The van der Waals surface area contributed by atoms with Gasteiger partial charge in [-0.05, 0) is 36.2 Å². The van der Waals surface area contributed by atoms with E-state index in [1.807, 2.05) is 25.4 Å². The van der Waals surface area contributed by atoms with Gasteiger partial charge in [-0.3, -0.25) is 10.1 Å². The fourth-order valence-corrected chi connectivity index (χ4v) is 2.97. The molecule has 0 saturated carbocycles. The Kier molecular flexibility index (Phi) is 2.18. The highest BCUT2D eigenvalue weighted by atomic mass is 16.6. The number of likely N-dealkylation sites (N-methyl/N-ethyl adjacent to an activating group) is 1. The molecule has 0 bridgehead atoms. The van der Waals surface area contributed by atoms with Crippen LogP contribution in [0.15, 0.2) is 18.3 Å². The number of aryl methyl sites for hydroxylation is 1. The van der Waals surface area contributed by atoms with E-state index in [4.69, 9.17) is 0 Å². The standard InChI is InChI=1S/C13H14N2O2/c1-14-7-6-11-12(15(16)17)5-4-9-2-3-10(8-14)13(9)11/h4-7,10H,2-3,8H2,1H3. The molecule has 1 aromatic carbocycles. The van der Waals surface area contributed by atoms with Gasteiger partial charge < -0.3 is 4.90 Å². The zero-order chi connectivity index (χ0) is 12.0. The average molecular weight is 230 g/mol. The number of nitro groups is 1. The average Bonchev–Trinajstić information content (AvgIpc) is 2.60. The van der Waals surface area contributed by atoms with Crippen LogP contribution < -0.4 is 0 Å². The van der Waals surface area contributed by atoms with Gasteiger partial charge >= 0.3 is 0 Å². The lowest BCUT2D eigenvalue weighted by Gasteiger charge is -2.17. The molecule has 1 atom stereocenters. The van der Waals surface area contributed by atoms with Crippen molar-refractivity contribution in [1.29, 1.82) is 0 Å². The predicted octanol–water partition coefficient (Wildman–Crippen LogP) is 2.54. The first-order valence-electron chi connectivity index (χ1n) is 5.85. The molecule has 1 aliphatic heterocycles. The monoisotopic (exact) mass is 230 g/mol. The summed E-state index contributed by atoms with van der Waals surface area (Å²) >= 11 is 0. The molecule has 0 aromatic heterocycles. The largest absolute Gasteiger partial charge is 0.380 e. The van der Waals surface area contributed by atoms with Crippen molar-refractivity contribution in [2.24, 2.45) is 0 Å². The van der Waals surface area contributed by atoms with Crippen LogP contribution in [0.5, 0.6) is 0 Å². The molecule has 4 nitrogen and oxygen atoms in total. The number of rotatable bonds is 1. The lowest BCUT2D eigenvalue weighted by Crippen LogP contribution is -2.16. The van der Waals surface area contributed by atoms with Crippen molar-refractivity contribution in [1.82, 2.24) is 4.90 Å². The summed E-state index contributed by atoms with van der Waals surface area (Å²) in [5.41, 5.74) is 3.55. The molecule has 0 saturated heterocycles. The van der Waals surface area contributed by atoms with Crippen molar-refractivity contribution >= 4 is 11.8 Å². The number of benzene rings is 1. The molecule has 1 aliphatic carbocycles. The molecule has 17 heavy (non-hydrogen) atoms. The Morgan fingerprint density at radius 3 is 3.06 bits per heavy atom. The normalized spacial score (nSPS) is 21.2. The molecule has 88 valence electrons. The van der Waals surface area contributed by atoms with Crippen LogP contribution in [0.3, 0.4) is 0 Å². The molecule has 0 fully saturated rings. The van der Waals surface area contributed by atoms with Crippen LogP contribution in [-0.4, -0.2) is 23.4 Å². The second-order valence-electron chi connectivity index (χ2n) is 4.82. The summed E-state index contributed by atoms with van der Waals surface area (Å²) in [5, 5.41) is 11.1. The molecular formula is C13H14N2O2. The first-order chi connectivity index (χ1) is 8.16. The fraction of sp³-hybridized carbons (Fsp3) is 0.385. The smallest absolute Gasteiger partial charge is 0.276 e. The summed E-state index contributed by atoms with van der Waals surface area (Å²) in [6.45, 7) is 0.956. The first kappa shape index (κ1) is 10.3. The van der Waals surface area contributed by atoms with E-state index in [1.165, 1.54) is 11.1 Å². The van der Waals surface area contributed by atoms with Gasteiger partial charge in [0.25, 0.3) is 5.69 Å². The zero-order valence-electron chi connectivity index (χ0n) is 9.72. The van der Waals surface area contributed by atoms with E-state index in [1.54, 1.807) is 6.07 Å². The molecule has 1 heterocycles. The van der Waals surface area contributed by atoms with Crippen molar-refractivity contribution in [3.63, 3.8) is 0 Å². The third kappa shape index (κ3) is 1.52. The van der Waals surface area contributed by atoms with Gasteiger partial charge in [0.15, 0.2) is 0 Å². The summed E-state index contributed by atoms with van der Waals surface area (Å²) < 4.78 is 0. The van der Waals surface area contributed by atoms with Gasteiger partial charge in [0.2, 0.25) is 0 Å². The number of nitrogens with zero attached hydrogens (tertiary/aromatic N) is 2. The number of hydrogen-bond donors (Lipinski definition) is 0. The SMILES string of the molecule is CN1C=Cc2c([N+](=O)[O-])ccc3c2C(CC3)C1. The molecule has 2 aliphatic rings. The summed E-state index contributed by atoms with van der Waals surface area (Å²) in [7, 11) is 2.02. The van der Waals surface area contributed by atoms with Crippen LogP contribution in [0, 0.1) is 10.1 Å². The second-order valence-corrected chi connectivity index (χ2v) is 4.82. The minimum absolute atomic E-state index is 0.238. The molecule has 3 rings (SSSR count). The van der Waals surface area contributed by atoms with Crippen molar-refractivity contribution < 1.29 is 4.92 Å². The van der Waals surface area contributed by atoms with Gasteiger partial charge in [-0.2, -0.15) is 0 Å². The maximum absolute atomic E-state index is 11.1. The highest BCUT2D eigenvalue weighted by Gasteiger charge is 2.31. The van der Waals surface area contributed by atoms with Crippen LogP contribution in [-0.2, 0) is 6.42 Å². The van der Waals surface area contributed by atoms with Crippen LogP contribution in [0.2, 0.25) is 0 Å². The van der Waals surface area contributed by atoms with Gasteiger partial charge in [-0.15, -0.1) is 0 Å². The highest BCUT2D eigenvalue weighted by molar-refractivity contribution is 5.68. The van der Waals surface area contributed by atoms with Crippen LogP contribution in [0.1, 0.15) is 29.0 Å². The fourth-order valence-electron chi connectivity index (χ4n) is 2.97. The van der Waals surface area contributed by atoms with E-state index >= 15 is 0 Å². The molecule has 0 amide bonds. The topological polar surface area (TPSA) is 46.4 Å². The minimum Gasteiger partial charge on any atom is -0.380 e. The lowest BCUT2D eigenvalue weighted by molar-refractivity contribution is -0.385. The van der Waals surface area contributed by atoms with E-state index in [-0.39, 0.29) is 10.6 Å². The number of hydrogen-bond acceptors (Lipinski definition) is 3. The zero-order valence-corrected chi connectivity index (χ0v) is 9.72. The summed E-state index contributed by atoms with van der Waals surface area (Å²) in [6, 6.07) is 3.57. The molecular weight excluding hydrogens is 216 g/mol. The Bertz CT molecular complexity index is 522. The van der Waals surface area contributed by atoms with E-state index in [0.717, 1.165) is 24.9 Å². The summed E-state index contributed by atoms with van der Waals surface area (Å²) in [6.07, 6.45) is 5.99. The molecule has 4 heteroatoms. The van der Waals surface area contributed by atoms with Gasteiger partial charge in [0.1, 0.15) is 0 Å². The van der Waals surface area contributed by atoms with Crippen LogP contribution >= 0.6 is 0 Å². The summed E-state index contributed by atoms with van der Waals surface area (Å²) in [5.74, 6) is 0.444. The van der Waals surface area contributed by atoms with Crippen molar-refractivity contribution in [2.45, 2.75) is 18.8 Å². The van der Waals surface area contributed by atoms with E-state index in [2.05, 4.69) is 4.90 Å². The van der Waals surface area contributed by atoms with Crippen LogP contribution in [0.25, 0.3) is 6.08 Å². The molecule has 0 spiro atoms. The van der Waals surface area contributed by atoms with Crippen molar-refractivity contribution in [3.05, 3.63) is 45.1 Å². The minimum atomic E-state index is -0.277. The van der Waals surface area contributed by atoms with Gasteiger partial charge in [-0.1, -0.05) is 6.07 Å². The Hall–Kier alpha value is -1.84. The van der Waals surface area contributed by atoms with Crippen molar-refractivity contribution in [2.75, 3.05) is 13.6 Å². The van der Waals surface area contributed by atoms with E-state index in [9.17, 15) is 10.1 Å². The second kappa shape index (κ2) is 3.58. The van der Waals surface area contributed by atoms with Gasteiger partial charge in [0, 0.05) is 25.6 Å². The highest BCUT2D eigenvalue weighted by Crippen LogP contribution is 2.41. The maximum atomic E-state index is 11.1. The Morgan fingerprint density at radius 2 is 2.29 bits per heavy atom. The van der Waals surface area contributed by atoms with E-state index < -0.39 is 0 Å². The van der Waals surface area contributed by atoms with Gasteiger partial charge in [0.05, 0.1) is 10.5 Å². The molecule has 0 N–H and O–H groups in total. The first-order valence-corrected chi connectivity index (χ1v) is 5.85. The maximum Gasteiger partial charge on any atom is 0.276 e. The summed E-state index contributed by atoms with van der Waals surface area (Å²) in [4.78, 5) is 12.9. The van der Waals surface area contributed by atoms with Crippen LogP contribution in [0.4, 0.5) is 5.69 Å². The molecule has 0 radical (unpaired) electrons. The van der Waals surface area contributed by atoms with Crippen molar-refractivity contribution in [3.8, 4) is 0 Å². The Balaban J connectivity index is 2.24.